The summed E-state index contributed by atoms with van der Waals surface area (Å²) in [4.78, 5) is 10.6. The van der Waals surface area contributed by atoms with E-state index in [0.29, 0.717) is 6.07 Å². The number of carbonyl (C=O) groups is 1. The van der Waals surface area contributed by atoms with Crippen molar-refractivity contribution in [1.82, 2.24) is 0 Å². The standard InChI is InChI=1S/C8H6F3NO5S/c9-8(10,11)18(16,17)12-4-1-2-6(13)5(3-4)7(14)15/h1-3,12-13H,(H,14,15). The van der Waals surface area contributed by atoms with Gasteiger partial charge in [-0.3, -0.25) is 4.72 Å². The van der Waals surface area contributed by atoms with Gasteiger partial charge in [-0.15, -0.1) is 0 Å². The van der Waals surface area contributed by atoms with E-state index in [-0.39, 0.29) is 0 Å². The van der Waals surface area contributed by atoms with E-state index in [9.17, 15) is 26.4 Å². The number of anilines is 1. The van der Waals surface area contributed by atoms with Gasteiger partial charge in [0.2, 0.25) is 0 Å². The number of hydrogen-bond acceptors (Lipinski definition) is 4. The Balaban J connectivity index is 3.15. The zero-order valence-corrected chi connectivity index (χ0v) is 9.21. The Morgan fingerprint density at radius 1 is 1.28 bits per heavy atom. The average Bonchev–Trinajstić information content (AvgIpc) is 2.18. The number of carboxylic acids is 1. The van der Waals surface area contributed by atoms with E-state index in [1.54, 1.807) is 0 Å². The van der Waals surface area contributed by atoms with E-state index >= 15 is 0 Å². The molecule has 0 fully saturated rings. The number of nitrogens with one attached hydrogen (secondary N) is 1. The monoisotopic (exact) mass is 285 g/mol. The van der Waals surface area contributed by atoms with Crippen molar-refractivity contribution in [2.24, 2.45) is 0 Å². The van der Waals surface area contributed by atoms with Gasteiger partial charge < -0.3 is 10.2 Å². The van der Waals surface area contributed by atoms with Gasteiger partial charge in [-0.05, 0) is 18.2 Å². The Hall–Kier alpha value is -1.97. The molecule has 1 rings (SSSR count). The number of rotatable bonds is 3. The first-order valence-corrected chi connectivity index (χ1v) is 5.68. The lowest BCUT2D eigenvalue weighted by Crippen LogP contribution is -2.29. The first-order valence-electron chi connectivity index (χ1n) is 4.20. The molecule has 0 aliphatic rings. The van der Waals surface area contributed by atoms with Crippen molar-refractivity contribution in [1.29, 1.82) is 0 Å². The summed E-state index contributed by atoms with van der Waals surface area (Å²) in [6, 6.07) is 2.13. The highest BCUT2D eigenvalue weighted by molar-refractivity contribution is 7.93. The maximum atomic E-state index is 12.0. The minimum atomic E-state index is -5.63. The highest BCUT2D eigenvalue weighted by atomic mass is 32.2. The SMILES string of the molecule is O=C(O)c1cc(NS(=O)(=O)C(F)(F)F)ccc1O. The number of halogens is 3. The van der Waals surface area contributed by atoms with Crippen LogP contribution >= 0.6 is 0 Å². The average molecular weight is 285 g/mol. The van der Waals surface area contributed by atoms with E-state index < -0.39 is 38.5 Å². The molecule has 0 unspecified atom stereocenters. The van der Waals surface area contributed by atoms with E-state index in [2.05, 4.69) is 0 Å². The smallest absolute Gasteiger partial charge is 0.507 e. The normalized spacial score (nSPS) is 12.2. The molecular weight excluding hydrogens is 279 g/mol. The molecule has 0 amide bonds. The molecule has 18 heavy (non-hydrogen) atoms. The second kappa shape index (κ2) is 4.37. The lowest BCUT2D eigenvalue weighted by atomic mass is 10.2. The molecule has 0 aromatic heterocycles. The second-order valence-electron chi connectivity index (χ2n) is 3.09. The van der Waals surface area contributed by atoms with Crippen molar-refractivity contribution in [2.45, 2.75) is 5.51 Å². The molecular formula is C8H6F3NO5S. The van der Waals surface area contributed by atoms with E-state index in [4.69, 9.17) is 10.2 Å². The van der Waals surface area contributed by atoms with Crippen molar-refractivity contribution in [2.75, 3.05) is 4.72 Å². The van der Waals surface area contributed by atoms with Crippen LogP contribution in [0.2, 0.25) is 0 Å². The Morgan fingerprint density at radius 2 is 1.83 bits per heavy atom. The number of sulfonamides is 1. The maximum Gasteiger partial charge on any atom is 0.516 e. The molecule has 0 bridgehead atoms. The fraction of sp³-hybridized carbons (Fsp3) is 0.125. The highest BCUT2D eigenvalue weighted by Crippen LogP contribution is 2.27. The zero-order chi connectivity index (χ0) is 14.1. The van der Waals surface area contributed by atoms with Crippen LogP contribution in [0.5, 0.6) is 5.75 Å². The van der Waals surface area contributed by atoms with E-state index in [1.807, 2.05) is 0 Å². The number of phenols is 1. The largest absolute Gasteiger partial charge is 0.516 e. The van der Waals surface area contributed by atoms with Gasteiger partial charge in [-0.25, -0.2) is 4.79 Å². The summed E-state index contributed by atoms with van der Waals surface area (Å²) in [5.74, 6) is -2.31. The molecule has 0 spiro atoms. The number of aromatic carboxylic acids is 1. The van der Waals surface area contributed by atoms with Gasteiger partial charge >= 0.3 is 21.5 Å². The summed E-state index contributed by atoms with van der Waals surface area (Å²) in [5, 5.41) is 17.7. The Bertz CT molecular complexity index is 581. The van der Waals surface area contributed by atoms with Gasteiger partial charge in [0.25, 0.3) is 0 Å². The summed E-state index contributed by atoms with van der Waals surface area (Å²) in [6.45, 7) is 0. The predicted octanol–water partition coefficient (Wildman–Crippen LogP) is 1.35. The van der Waals surface area contributed by atoms with Gasteiger partial charge in [0.05, 0.1) is 0 Å². The first kappa shape index (κ1) is 14.1. The molecule has 1 aromatic carbocycles. The third-order valence-corrected chi connectivity index (χ3v) is 2.90. The molecule has 10 heteroatoms. The van der Waals surface area contributed by atoms with Crippen LogP contribution in [0.25, 0.3) is 0 Å². The van der Waals surface area contributed by atoms with Crippen molar-refractivity contribution >= 4 is 21.7 Å². The molecule has 0 radical (unpaired) electrons. The van der Waals surface area contributed by atoms with Crippen LogP contribution in [0.15, 0.2) is 18.2 Å². The molecule has 6 nitrogen and oxygen atoms in total. The van der Waals surface area contributed by atoms with Crippen LogP contribution in [0.1, 0.15) is 10.4 Å². The summed E-state index contributed by atoms with van der Waals surface area (Å²) in [5.41, 5.74) is -6.87. The summed E-state index contributed by atoms with van der Waals surface area (Å²) in [6.07, 6.45) is 0. The molecule has 0 heterocycles. The summed E-state index contributed by atoms with van der Waals surface area (Å²) >= 11 is 0. The van der Waals surface area contributed by atoms with Gasteiger partial charge in [-0.2, -0.15) is 21.6 Å². The number of benzene rings is 1. The van der Waals surface area contributed by atoms with Crippen molar-refractivity contribution < 1.29 is 36.6 Å². The molecule has 0 atom stereocenters. The van der Waals surface area contributed by atoms with Crippen LogP contribution in [0.4, 0.5) is 18.9 Å². The lowest BCUT2D eigenvalue weighted by molar-refractivity contribution is -0.0429. The van der Waals surface area contributed by atoms with Crippen LogP contribution in [0, 0.1) is 0 Å². The number of alkyl halides is 3. The summed E-state index contributed by atoms with van der Waals surface area (Å²) < 4.78 is 58.8. The topological polar surface area (TPSA) is 104 Å². The molecule has 0 aliphatic carbocycles. The van der Waals surface area contributed by atoms with Crippen molar-refractivity contribution in [3.63, 3.8) is 0 Å². The maximum absolute atomic E-state index is 12.0. The van der Waals surface area contributed by atoms with E-state index in [1.165, 1.54) is 0 Å². The minimum Gasteiger partial charge on any atom is -0.507 e. The fourth-order valence-electron chi connectivity index (χ4n) is 0.984. The molecule has 1 aromatic rings. The predicted molar refractivity (Wildman–Crippen MR) is 53.7 cm³/mol. The number of carboxylic acid groups (broad SMARTS) is 1. The first-order chi connectivity index (χ1) is 8.04. The van der Waals surface area contributed by atoms with Crippen molar-refractivity contribution in [3.8, 4) is 5.75 Å². The fourth-order valence-corrected chi connectivity index (χ4v) is 1.54. The quantitative estimate of drug-likeness (QED) is 0.727. The number of aromatic hydroxyl groups is 1. The zero-order valence-electron chi connectivity index (χ0n) is 8.39. The molecule has 100 valence electrons. The van der Waals surface area contributed by atoms with Crippen LogP contribution in [-0.4, -0.2) is 30.1 Å². The second-order valence-corrected chi connectivity index (χ2v) is 4.76. The van der Waals surface area contributed by atoms with Gasteiger partial charge in [0.1, 0.15) is 11.3 Å². The number of hydrogen-bond donors (Lipinski definition) is 3. The Kier molecular flexibility index (Phi) is 3.42. The van der Waals surface area contributed by atoms with Gasteiger partial charge in [0.15, 0.2) is 0 Å². The summed E-state index contributed by atoms with van der Waals surface area (Å²) in [7, 11) is -5.63. The van der Waals surface area contributed by atoms with Crippen LogP contribution < -0.4 is 4.72 Å². The minimum absolute atomic E-state index is 0.570. The molecule has 0 saturated carbocycles. The van der Waals surface area contributed by atoms with Crippen LogP contribution in [0.3, 0.4) is 0 Å². The third-order valence-electron chi connectivity index (χ3n) is 1.78. The van der Waals surface area contributed by atoms with Gasteiger partial charge in [0, 0.05) is 5.69 Å². The lowest BCUT2D eigenvalue weighted by Gasteiger charge is -2.11. The van der Waals surface area contributed by atoms with Crippen LogP contribution in [-0.2, 0) is 10.0 Å². The van der Waals surface area contributed by atoms with E-state index in [0.717, 1.165) is 16.9 Å². The molecule has 0 aliphatic heterocycles. The van der Waals surface area contributed by atoms with Gasteiger partial charge in [-0.1, -0.05) is 0 Å². The van der Waals surface area contributed by atoms with Crippen molar-refractivity contribution in [3.05, 3.63) is 23.8 Å². The Labute approximate surface area is 98.7 Å². The molecule has 0 saturated heterocycles. The Morgan fingerprint density at radius 3 is 2.28 bits per heavy atom. The third kappa shape index (κ3) is 2.83. The highest BCUT2D eigenvalue weighted by Gasteiger charge is 2.46. The molecule has 3 N–H and O–H groups in total.